The van der Waals surface area contributed by atoms with Gasteiger partial charge in [-0.1, -0.05) is 42.8 Å². The van der Waals surface area contributed by atoms with E-state index >= 15 is 0 Å². The summed E-state index contributed by atoms with van der Waals surface area (Å²) in [5, 5.41) is 0.672. The zero-order valence-corrected chi connectivity index (χ0v) is 12.6. The van der Waals surface area contributed by atoms with Crippen LogP contribution in [0, 0.1) is 5.92 Å². The minimum atomic E-state index is -0.284. The van der Waals surface area contributed by atoms with Crippen molar-refractivity contribution in [2.75, 3.05) is 13.2 Å². The first kappa shape index (κ1) is 14.2. The SMILES string of the molecule is CC1COc2ccc(C(N)c3ccccc3Cl)cc2OC1. The molecule has 1 heterocycles. The standard InChI is InChI=1S/C17H18ClNO2/c1-11-9-20-15-7-6-12(8-16(15)21-10-11)17(19)13-4-2-3-5-14(13)18/h2-8,11,17H,9-10,19H2,1H3. The molecule has 0 aromatic heterocycles. The monoisotopic (exact) mass is 303 g/mol. The molecule has 2 unspecified atom stereocenters. The maximum atomic E-state index is 6.34. The molecular weight excluding hydrogens is 286 g/mol. The highest BCUT2D eigenvalue weighted by Gasteiger charge is 2.18. The van der Waals surface area contributed by atoms with Crippen molar-refractivity contribution in [3.05, 3.63) is 58.6 Å². The average molecular weight is 304 g/mol. The third-order valence-corrected chi connectivity index (χ3v) is 3.96. The van der Waals surface area contributed by atoms with Crippen molar-refractivity contribution in [2.45, 2.75) is 13.0 Å². The summed E-state index contributed by atoms with van der Waals surface area (Å²) < 4.78 is 11.5. The molecule has 4 heteroatoms. The smallest absolute Gasteiger partial charge is 0.161 e. The Hall–Kier alpha value is -1.71. The lowest BCUT2D eigenvalue weighted by Crippen LogP contribution is -2.13. The van der Waals surface area contributed by atoms with Gasteiger partial charge in [0.1, 0.15) is 0 Å². The first-order valence-corrected chi connectivity index (χ1v) is 7.42. The van der Waals surface area contributed by atoms with Gasteiger partial charge in [0.25, 0.3) is 0 Å². The van der Waals surface area contributed by atoms with Gasteiger partial charge < -0.3 is 15.2 Å². The Morgan fingerprint density at radius 2 is 1.81 bits per heavy atom. The fraction of sp³-hybridized carbons (Fsp3) is 0.294. The van der Waals surface area contributed by atoms with Gasteiger partial charge in [-0.05, 0) is 29.3 Å². The molecule has 2 atom stereocenters. The van der Waals surface area contributed by atoms with Crippen LogP contribution in [0.1, 0.15) is 24.1 Å². The molecule has 21 heavy (non-hydrogen) atoms. The zero-order chi connectivity index (χ0) is 14.8. The van der Waals surface area contributed by atoms with Gasteiger partial charge in [-0.2, -0.15) is 0 Å². The van der Waals surface area contributed by atoms with E-state index < -0.39 is 0 Å². The summed E-state index contributed by atoms with van der Waals surface area (Å²) in [6.07, 6.45) is 0. The van der Waals surface area contributed by atoms with E-state index in [1.165, 1.54) is 0 Å². The van der Waals surface area contributed by atoms with E-state index in [-0.39, 0.29) is 6.04 Å². The number of hydrogen-bond donors (Lipinski definition) is 1. The van der Waals surface area contributed by atoms with E-state index in [0.29, 0.717) is 24.2 Å². The molecule has 0 spiro atoms. The summed E-state index contributed by atoms with van der Waals surface area (Å²) in [4.78, 5) is 0. The van der Waals surface area contributed by atoms with Crippen molar-refractivity contribution in [2.24, 2.45) is 11.7 Å². The predicted molar refractivity (Wildman–Crippen MR) is 84.1 cm³/mol. The number of benzene rings is 2. The molecule has 0 saturated carbocycles. The Morgan fingerprint density at radius 3 is 2.57 bits per heavy atom. The molecule has 2 aromatic rings. The van der Waals surface area contributed by atoms with Crippen molar-refractivity contribution >= 4 is 11.6 Å². The molecule has 0 aliphatic carbocycles. The van der Waals surface area contributed by atoms with E-state index in [2.05, 4.69) is 6.92 Å². The number of fused-ring (bicyclic) bond motifs is 1. The third kappa shape index (κ3) is 2.99. The Labute approximate surface area is 129 Å². The van der Waals surface area contributed by atoms with Crippen molar-refractivity contribution in [1.29, 1.82) is 0 Å². The van der Waals surface area contributed by atoms with Crippen molar-refractivity contribution in [1.82, 2.24) is 0 Å². The molecule has 0 bridgehead atoms. The normalized spacial score (nSPS) is 18.9. The molecular formula is C17H18ClNO2. The lowest BCUT2D eigenvalue weighted by Gasteiger charge is -2.16. The summed E-state index contributed by atoms with van der Waals surface area (Å²) in [5.74, 6) is 1.90. The molecule has 0 saturated heterocycles. The molecule has 2 N–H and O–H groups in total. The van der Waals surface area contributed by atoms with E-state index in [1.807, 2.05) is 42.5 Å². The van der Waals surface area contributed by atoms with Crippen LogP contribution in [0.2, 0.25) is 5.02 Å². The second-order valence-corrected chi connectivity index (χ2v) is 5.84. The van der Waals surface area contributed by atoms with Crippen LogP contribution in [-0.2, 0) is 0 Å². The molecule has 3 rings (SSSR count). The van der Waals surface area contributed by atoms with Gasteiger partial charge >= 0.3 is 0 Å². The van der Waals surface area contributed by atoms with Gasteiger partial charge in [0.2, 0.25) is 0 Å². The minimum Gasteiger partial charge on any atom is -0.489 e. The first-order valence-electron chi connectivity index (χ1n) is 7.04. The molecule has 3 nitrogen and oxygen atoms in total. The fourth-order valence-electron chi connectivity index (χ4n) is 2.37. The topological polar surface area (TPSA) is 44.5 Å². The van der Waals surface area contributed by atoms with Gasteiger partial charge in [-0.3, -0.25) is 0 Å². The summed E-state index contributed by atoms with van der Waals surface area (Å²) in [6, 6.07) is 13.2. The highest BCUT2D eigenvalue weighted by atomic mass is 35.5. The molecule has 2 aromatic carbocycles. The lowest BCUT2D eigenvalue weighted by atomic mass is 9.99. The molecule has 0 amide bonds. The van der Waals surface area contributed by atoms with Gasteiger partial charge in [-0.25, -0.2) is 0 Å². The molecule has 1 aliphatic heterocycles. The Kier molecular flexibility index (Phi) is 4.04. The summed E-state index contributed by atoms with van der Waals surface area (Å²) in [5.41, 5.74) is 8.20. The fourth-order valence-corrected chi connectivity index (χ4v) is 2.62. The molecule has 0 radical (unpaired) electrons. The van der Waals surface area contributed by atoms with Crippen LogP contribution in [0.4, 0.5) is 0 Å². The second kappa shape index (κ2) is 5.96. The van der Waals surface area contributed by atoms with Gasteiger partial charge in [-0.15, -0.1) is 0 Å². The first-order chi connectivity index (χ1) is 10.1. The number of halogens is 1. The lowest BCUT2D eigenvalue weighted by molar-refractivity contribution is 0.228. The van der Waals surface area contributed by atoms with E-state index in [0.717, 1.165) is 22.6 Å². The number of ether oxygens (including phenoxy) is 2. The molecule has 1 aliphatic rings. The highest BCUT2D eigenvalue weighted by Crippen LogP contribution is 2.35. The third-order valence-electron chi connectivity index (χ3n) is 3.61. The van der Waals surface area contributed by atoms with Gasteiger partial charge in [0.05, 0.1) is 19.3 Å². The average Bonchev–Trinajstić information content (AvgIpc) is 2.69. The molecule has 110 valence electrons. The highest BCUT2D eigenvalue weighted by molar-refractivity contribution is 6.31. The van der Waals surface area contributed by atoms with E-state index in [9.17, 15) is 0 Å². The number of nitrogens with two attached hydrogens (primary N) is 1. The van der Waals surface area contributed by atoms with Crippen molar-refractivity contribution < 1.29 is 9.47 Å². The second-order valence-electron chi connectivity index (χ2n) is 5.43. The molecule has 0 fully saturated rings. The van der Waals surface area contributed by atoms with Crippen molar-refractivity contribution in [3.63, 3.8) is 0 Å². The van der Waals surface area contributed by atoms with Crippen LogP contribution in [-0.4, -0.2) is 13.2 Å². The van der Waals surface area contributed by atoms with Crippen LogP contribution >= 0.6 is 11.6 Å². The van der Waals surface area contributed by atoms with Crippen LogP contribution in [0.15, 0.2) is 42.5 Å². The van der Waals surface area contributed by atoms with Crippen molar-refractivity contribution in [3.8, 4) is 11.5 Å². The minimum absolute atomic E-state index is 0.284. The maximum Gasteiger partial charge on any atom is 0.161 e. The Balaban J connectivity index is 1.92. The quantitative estimate of drug-likeness (QED) is 0.918. The summed E-state index contributed by atoms with van der Waals surface area (Å²) in [6.45, 7) is 3.42. The maximum absolute atomic E-state index is 6.34. The largest absolute Gasteiger partial charge is 0.489 e. The van der Waals surface area contributed by atoms with Crippen LogP contribution < -0.4 is 15.2 Å². The predicted octanol–water partition coefficient (Wildman–Crippen LogP) is 3.80. The summed E-state index contributed by atoms with van der Waals surface area (Å²) in [7, 11) is 0. The number of rotatable bonds is 2. The Morgan fingerprint density at radius 1 is 1.10 bits per heavy atom. The van der Waals surface area contributed by atoms with Crippen LogP contribution in [0.5, 0.6) is 11.5 Å². The van der Waals surface area contributed by atoms with E-state index in [1.54, 1.807) is 0 Å². The van der Waals surface area contributed by atoms with Gasteiger partial charge in [0.15, 0.2) is 11.5 Å². The summed E-state index contributed by atoms with van der Waals surface area (Å²) >= 11 is 6.22. The Bertz CT molecular complexity index is 644. The van der Waals surface area contributed by atoms with Crippen LogP contribution in [0.3, 0.4) is 0 Å². The van der Waals surface area contributed by atoms with Crippen LogP contribution in [0.25, 0.3) is 0 Å². The zero-order valence-electron chi connectivity index (χ0n) is 11.9. The van der Waals surface area contributed by atoms with Gasteiger partial charge in [0, 0.05) is 10.9 Å². The number of hydrogen-bond acceptors (Lipinski definition) is 3. The van der Waals surface area contributed by atoms with E-state index in [4.69, 9.17) is 26.8 Å².